The minimum Gasteiger partial charge on any atom is -0.367 e. The smallest absolute Gasteiger partial charge is 0.287 e. The van der Waals surface area contributed by atoms with Gasteiger partial charge in [0.15, 0.2) is 0 Å². The van der Waals surface area contributed by atoms with Crippen LogP contribution in [0.4, 0.5) is 10.1 Å². The van der Waals surface area contributed by atoms with Crippen LogP contribution in [0.1, 0.15) is 16.7 Å². The van der Waals surface area contributed by atoms with E-state index >= 15 is 0 Å². The van der Waals surface area contributed by atoms with Crippen molar-refractivity contribution in [1.82, 2.24) is 14.7 Å². The number of para-hydroxylation sites is 1. The number of piperazine rings is 1. The minimum absolute atomic E-state index is 0.0937. The second-order valence-electron chi connectivity index (χ2n) is 9.03. The van der Waals surface area contributed by atoms with Crippen molar-refractivity contribution in [2.45, 2.75) is 24.1 Å². The van der Waals surface area contributed by atoms with Crippen molar-refractivity contribution in [1.29, 1.82) is 0 Å². The summed E-state index contributed by atoms with van der Waals surface area (Å²) in [7, 11) is 0. The number of rotatable bonds is 7. The molecule has 2 heterocycles. The standard InChI is InChI=1S/C29H29FN4OS/c1-22-18-24(12-13-26(22)30)20-32-14-16-33(17-15-32)27-19-31-34(25-10-6-3-7-11-25)29(35)28(27)36-21-23-8-4-2-5-9-23/h2-13,18-19H,14-17,20-21H2,1H3. The van der Waals surface area contributed by atoms with Crippen LogP contribution in [-0.2, 0) is 12.3 Å². The van der Waals surface area contributed by atoms with Gasteiger partial charge in [-0.25, -0.2) is 4.39 Å². The highest BCUT2D eigenvalue weighted by Gasteiger charge is 2.23. The predicted molar refractivity (Wildman–Crippen MR) is 144 cm³/mol. The second kappa shape index (κ2) is 11.1. The molecule has 184 valence electrons. The van der Waals surface area contributed by atoms with Gasteiger partial charge in [-0.15, -0.1) is 11.8 Å². The Hall–Kier alpha value is -3.42. The average Bonchev–Trinajstić information content (AvgIpc) is 2.91. The minimum atomic E-state index is -0.165. The van der Waals surface area contributed by atoms with Gasteiger partial charge in [0, 0.05) is 38.5 Å². The van der Waals surface area contributed by atoms with Crippen LogP contribution in [0.15, 0.2) is 94.7 Å². The SMILES string of the molecule is Cc1cc(CN2CCN(c3cnn(-c4ccccc4)c(=O)c3SCc3ccccc3)CC2)ccc1F. The van der Waals surface area contributed by atoms with Gasteiger partial charge in [0.1, 0.15) is 10.7 Å². The van der Waals surface area contributed by atoms with Gasteiger partial charge in [0.25, 0.3) is 5.56 Å². The topological polar surface area (TPSA) is 41.4 Å². The van der Waals surface area contributed by atoms with Gasteiger partial charge in [-0.2, -0.15) is 9.78 Å². The molecule has 0 spiro atoms. The molecule has 0 amide bonds. The largest absolute Gasteiger partial charge is 0.367 e. The lowest BCUT2D eigenvalue weighted by atomic mass is 10.1. The Kier molecular flexibility index (Phi) is 7.49. The molecule has 36 heavy (non-hydrogen) atoms. The summed E-state index contributed by atoms with van der Waals surface area (Å²) in [4.78, 5) is 19.0. The first kappa shape index (κ1) is 24.3. The summed E-state index contributed by atoms with van der Waals surface area (Å²) in [5.41, 5.74) is 4.53. The van der Waals surface area contributed by atoms with Gasteiger partial charge in [-0.3, -0.25) is 9.69 Å². The third-order valence-corrected chi connectivity index (χ3v) is 7.63. The molecule has 0 N–H and O–H groups in total. The first-order valence-corrected chi connectivity index (χ1v) is 13.1. The van der Waals surface area contributed by atoms with Crippen LogP contribution < -0.4 is 10.5 Å². The van der Waals surface area contributed by atoms with Crippen molar-refractivity contribution in [3.05, 3.63) is 118 Å². The number of aromatic nitrogens is 2. The maximum Gasteiger partial charge on any atom is 0.287 e. The molecule has 1 aliphatic rings. The Balaban J connectivity index is 1.36. The molecule has 5 nitrogen and oxygen atoms in total. The molecule has 1 aliphatic heterocycles. The molecule has 0 aliphatic carbocycles. The highest BCUT2D eigenvalue weighted by molar-refractivity contribution is 7.98. The summed E-state index contributed by atoms with van der Waals surface area (Å²) in [6.07, 6.45) is 1.83. The fourth-order valence-electron chi connectivity index (χ4n) is 4.48. The van der Waals surface area contributed by atoms with Crippen LogP contribution in [0.2, 0.25) is 0 Å². The first-order valence-electron chi connectivity index (χ1n) is 12.2. The molecule has 1 aromatic heterocycles. The van der Waals surface area contributed by atoms with E-state index in [1.807, 2.05) is 66.9 Å². The van der Waals surface area contributed by atoms with Gasteiger partial charge in [0.2, 0.25) is 0 Å². The van der Waals surface area contributed by atoms with Crippen molar-refractivity contribution < 1.29 is 4.39 Å². The van der Waals surface area contributed by atoms with Gasteiger partial charge in [-0.1, -0.05) is 60.7 Å². The zero-order chi connectivity index (χ0) is 24.9. The van der Waals surface area contributed by atoms with E-state index in [0.29, 0.717) is 11.3 Å². The summed E-state index contributed by atoms with van der Waals surface area (Å²) < 4.78 is 15.1. The van der Waals surface area contributed by atoms with E-state index < -0.39 is 0 Å². The highest BCUT2D eigenvalue weighted by atomic mass is 32.2. The fraction of sp³-hybridized carbons (Fsp3) is 0.241. The number of aryl methyl sites for hydroxylation is 1. The number of hydrogen-bond donors (Lipinski definition) is 0. The average molecular weight is 501 g/mol. The number of halogens is 1. The summed E-state index contributed by atoms with van der Waals surface area (Å²) >= 11 is 1.57. The van der Waals surface area contributed by atoms with Crippen LogP contribution >= 0.6 is 11.8 Å². The van der Waals surface area contributed by atoms with Crippen molar-refractivity contribution in [2.24, 2.45) is 0 Å². The number of anilines is 1. The molecule has 1 fully saturated rings. The molecule has 5 rings (SSSR count). The van der Waals surface area contributed by atoms with Crippen molar-refractivity contribution in [3.63, 3.8) is 0 Å². The van der Waals surface area contributed by atoms with Crippen LogP contribution in [0.25, 0.3) is 5.69 Å². The van der Waals surface area contributed by atoms with Gasteiger partial charge in [0.05, 0.1) is 17.6 Å². The van der Waals surface area contributed by atoms with Crippen molar-refractivity contribution in [2.75, 3.05) is 31.1 Å². The molecule has 0 unspecified atom stereocenters. The van der Waals surface area contributed by atoms with Crippen LogP contribution in [0.3, 0.4) is 0 Å². The number of benzene rings is 3. The molecule has 0 saturated carbocycles. The monoisotopic (exact) mass is 500 g/mol. The zero-order valence-corrected chi connectivity index (χ0v) is 21.1. The lowest BCUT2D eigenvalue weighted by Gasteiger charge is -2.36. The van der Waals surface area contributed by atoms with E-state index in [4.69, 9.17) is 0 Å². The predicted octanol–water partition coefficient (Wildman–Crippen LogP) is 5.29. The molecule has 1 saturated heterocycles. The van der Waals surface area contributed by atoms with E-state index in [9.17, 15) is 9.18 Å². The summed E-state index contributed by atoms with van der Waals surface area (Å²) in [5, 5.41) is 4.54. The van der Waals surface area contributed by atoms with Crippen molar-refractivity contribution in [3.8, 4) is 5.69 Å². The molecular weight excluding hydrogens is 471 g/mol. The number of hydrogen-bond acceptors (Lipinski definition) is 5. The van der Waals surface area contributed by atoms with E-state index in [2.05, 4.69) is 27.0 Å². The molecule has 3 aromatic carbocycles. The number of thioether (sulfide) groups is 1. The third-order valence-electron chi connectivity index (χ3n) is 6.48. The van der Waals surface area contributed by atoms with Crippen LogP contribution in [-0.4, -0.2) is 40.9 Å². The Morgan fingerprint density at radius 1 is 0.889 bits per heavy atom. The van der Waals surface area contributed by atoms with Crippen LogP contribution in [0.5, 0.6) is 0 Å². The lowest BCUT2D eigenvalue weighted by Crippen LogP contribution is -2.46. The Bertz CT molecular complexity index is 1370. The molecular formula is C29H29FN4OS. The van der Waals surface area contributed by atoms with E-state index in [1.165, 1.54) is 10.2 Å². The number of nitrogens with zero attached hydrogens (tertiary/aromatic N) is 4. The maximum atomic E-state index is 13.6. The Labute approximate surface area is 215 Å². The molecule has 0 atom stereocenters. The van der Waals surface area contributed by atoms with Crippen molar-refractivity contribution >= 4 is 17.4 Å². The van der Waals surface area contributed by atoms with Crippen LogP contribution in [0, 0.1) is 12.7 Å². The summed E-state index contributed by atoms with van der Waals surface area (Å²) in [6, 6.07) is 25.1. The highest BCUT2D eigenvalue weighted by Crippen LogP contribution is 2.30. The summed E-state index contributed by atoms with van der Waals surface area (Å²) in [6.45, 7) is 5.92. The zero-order valence-electron chi connectivity index (χ0n) is 20.3. The Morgan fingerprint density at radius 2 is 1.58 bits per heavy atom. The van der Waals surface area contributed by atoms with E-state index in [0.717, 1.165) is 54.6 Å². The molecule has 0 bridgehead atoms. The van der Waals surface area contributed by atoms with Gasteiger partial charge < -0.3 is 4.90 Å². The third kappa shape index (κ3) is 5.53. The summed E-state index contributed by atoms with van der Waals surface area (Å²) in [5.74, 6) is 0.549. The normalized spacial score (nSPS) is 14.2. The molecule has 0 radical (unpaired) electrons. The quantitative estimate of drug-likeness (QED) is 0.323. The van der Waals surface area contributed by atoms with Gasteiger partial charge in [-0.05, 0) is 41.8 Å². The lowest BCUT2D eigenvalue weighted by molar-refractivity contribution is 0.249. The molecule has 4 aromatic rings. The van der Waals surface area contributed by atoms with E-state index in [1.54, 1.807) is 24.8 Å². The molecule has 7 heteroatoms. The second-order valence-corrected chi connectivity index (χ2v) is 10.0. The fourth-order valence-corrected chi connectivity index (χ4v) is 5.53. The first-order chi connectivity index (χ1) is 17.6. The Morgan fingerprint density at radius 3 is 2.28 bits per heavy atom. The van der Waals surface area contributed by atoms with E-state index in [-0.39, 0.29) is 11.4 Å². The maximum absolute atomic E-state index is 13.6. The van der Waals surface area contributed by atoms with Gasteiger partial charge >= 0.3 is 0 Å².